The Morgan fingerprint density at radius 3 is 1.97 bits per heavy atom. The van der Waals surface area contributed by atoms with Crippen molar-refractivity contribution in [2.24, 2.45) is 10.8 Å². The van der Waals surface area contributed by atoms with Crippen molar-refractivity contribution < 1.29 is 37.8 Å². The van der Waals surface area contributed by atoms with Crippen molar-refractivity contribution >= 4 is 57.5 Å². The van der Waals surface area contributed by atoms with Crippen LogP contribution in [0.15, 0.2) is 97.2 Å². The molecule has 1 aliphatic carbocycles. The highest BCUT2D eigenvalue weighted by molar-refractivity contribution is 6.17. The number of unbranched alkanes of at least 4 members (excludes halogenated alkanes) is 5. The number of amides is 5. The molecule has 0 radical (unpaired) electrons. The Kier molecular flexibility index (Phi) is 17.3. The molecule has 0 spiro atoms. The minimum Gasteiger partial charge on any atom is -0.496 e. The van der Waals surface area contributed by atoms with E-state index in [-0.39, 0.29) is 23.1 Å². The van der Waals surface area contributed by atoms with Gasteiger partial charge >= 0.3 is 0 Å². The van der Waals surface area contributed by atoms with E-state index in [1.807, 2.05) is 32.9 Å². The Labute approximate surface area is 415 Å². The first-order valence-electron chi connectivity index (χ1n) is 24.6. The topological polar surface area (TPSA) is 183 Å². The van der Waals surface area contributed by atoms with Crippen molar-refractivity contribution in [3.63, 3.8) is 0 Å². The molecule has 5 aromatic rings. The SMILES string of the molecule is CNC(=O)[C@@H](NC(=O)CCCCCCCCNC(=O)CN1CCN(c2ccc(-c3cc4nccc(Oc5ccc(NC(=O)C6(C(=O)Nc7ccc(F)cc7)CC6)cc5)c4cc3OC)cc2)CC1)C(C)(C)C. The number of piperazine rings is 1. The van der Waals surface area contributed by atoms with Crippen LogP contribution in [-0.4, -0.2) is 98.9 Å². The Bertz CT molecular complexity index is 2640. The van der Waals surface area contributed by atoms with Gasteiger partial charge < -0.3 is 41.0 Å². The summed E-state index contributed by atoms with van der Waals surface area (Å²) in [5, 5.41) is 14.9. The zero-order valence-corrected chi connectivity index (χ0v) is 41.5. The molecule has 0 bridgehead atoms. The summed E-state index contributed by atoms with van der Waals surface area (Å²) in [6.45, 7) is 10.0. The van der Waals surface area contributed by atoms with Gasteiger partial charge in [0.1, 0.15) is 34.5 Å². The molecule has 1 aliphatic heterocycles. The summed E-state index contributed by atoms with van der Waals surface area (Å²) >= 11 is 0. The molecule has 15 nitrogen and oxygen atoms in total. The number of pyridine rings is 1. The maximum Gasteiger partial charge on any atom is 0.242 e. The average molecular weight is 971 g/mol. The smallest absolute Gasteiger partial charge is 0.242 e. The number of carbonyl (C=O) groups is 5. The number of hydrogen-bond donors (Lipinski definition) is 5. The van der Waals surface area contributed by atoms with Gasteiger partial charge in [-0.1, -0.05) is 58.6 Å². The molecule has 1 aromatic heterocycles. The maximum absolute atomic E-state index is 13.3. The van der Waals surface area contributed by atoms with Crippen LogP contribution in [0.4, 0.5) is 21.5 Å². The summed E-state index contributed by atoms with van der Waals surface area (Å²) in [5.74, 6) is 0.314. The molecule has 7 rings (SSSR count). The number of rotatable bonds is 22. The molecule has 1 atom stereocenters. The first kappa shape index (κ1) is 51.8. The number of halogens is 1. The molecular weight excluding hydrogens is 904 g/mol. The molecule has 1 saturated heterocycles. The van der Waals surface area contributed by atoms with Crippen molar-refractivity contribution in [3.05, 3.63) is 103 Å². The molecule has 71 heavy (non-hydrogen) atoms. The zero-order valence-electron chi connectivity index (χ0n) is 41.5. The summed E-state index contributed by atoms with van der Waals surface area (Å²) in [6.07, 6.45) is 8.69. The van der Waals surface area contributed by atoms with Crippen LogP contribution in [0.1, 0.15) is 78.6 Å². The lowest BCUT2D eigenvalue weighted by Gasteiger charge is -2.35. The second-order valence-corrected chi connectivity index (χ2v) is 19.5. The van der Waals surface area contributed by atoms with E-state index in [9.17, 15) is 28.4 Å². The van der Waals surface area contributed by atoms with Gasteiger partial charge in [-0.05, 0) is 116 Å². The average Bonchev–Trinajstić information content (AvgIpc) is 4.19. The van der Waals surface area contributed by atoms with E-state index >= 15 is 0 Å². The van der Waals surface area contributed by atoms with Crippen molar-refractivity contribution in [1.29, 1.82) is 0 Å². The van der Waals surface area contributed by atoms with Gasteiger partial charge in [0.25, 0.3) is 0 Å². The van der Waals surface area contributed by atoms with E-state index < -0.39 is 29.1 Å². The number of aromatic nitrogens is 1. The minimum absolute atomic E-state index is 0.0472. The van der Waals surface area contributed by atoms with Crippen molar-refractivity contribution in [3.8, 4) is 28.4 Å². The molecule has 376 valence electrons. The molecule has 0 unspecified atom stereocenters. The highest BCUT2D eigenvalue weighted by Crippen LogP contribution is 2.48. The van der Waals surface area contributed by atoms with Gasteiger partial charge in [-0.25, -0.2) is 4.39 Å². The summed E-state index contributed by atoms with van der Waals surface area (Å²) < 4.78 is 25.5. The van der Waals surface area contributed by atoms with E-state index in [0.717, 1.165) is 92.4 Å². The second-order valence-electron chi connectivity index (χ2n) is 19.5. The van der Waals surface area contributed by atoms with E-state index in [1.54, 1.807) is 50.7 Å². The lowest BCUT2D eigenvalue weighted by molar-refractivity contribution is -0.131. The summed E-state index contributed by atoms with van der Waals surface area (Å²) in [5.41, 5.74) is 3.09. The highest BCUT2D eigenvalue weighted by Gasteiger charge is 2.56. The van der Waals surface area contributed by atoms with Crippen LogP contribution in [0.25, 0.3) is 22.0 Å². The predicted molar refractivity (Wildman–Crippen MR) is 275 cm³/mol. The van der Waals surface area contributed by atoms with E-state index in [2.05, 4.69) is 65.6 Å². The Morgan fingerprint density at radius 1 is 0.746 bits per heavy atom. The van der Waals surface area contributed by atoms with Crippen LogP contribution in [0, 0.1) is 16.6 Å². The largest absolute Gasteiger partial charge is 0.496 e. The number of carbonyl (C=O) groups excluding carboxylic acids is 5. The first-order chi connectivity index (χ1) is 34.1. The number of ether oxygens (including phenoxy) is 2. The van der Waals surface area contributed by atoms with Gasteiger partial charge in [-0.2, -0.15) is 0 Å². The quantitative estimate of drug-likeness (QED) is 0.0333. The van der Waals surface area contributed by atoms with Crippen molar-refractivity contribution in [2.45, 2.75) is 84.6 Å². The van der Waals surface area contributed by atoms with Gasteiger partial charge in [0, 0.05) is 80.4 Å². The zero-order chi connectivity index (χ0) is 50.5. The van der Waals surface area contributed by atoms with Gasteiger partial charge in [-0.15, -0.1) is 0 Å². The van der Waals surface area contributed by atoms with Crippen LogP contribution in [0.3, 0.4) is 0 Å². The molecule has 5 N–H and O–H groups in total. The van der Waals surface area contributed by atoms with Gasteiger partial charge in [0.05, 0.1) is 19.2 Å². The van der Waals surface area contributed by atoms with Gasteiger partial charge in [0.15, 0.2) is 0 Å². The lowest BCUT2D eigenvalue weighted by atomic mass is 9.86. The second kappa shape index (κ2) is 23.7. The Balaban J connectivity index is 0.822. The number of nitrogens with zero attached hydrogens (tertiary/aromatic N) is 3. The molecule has 2 fully saturated rings. The van der Waals surface area contributed by atoms with Crippen molar-refractivity contribution in [1.82, 2.24) is 25.8 Å². The van der Waals surface area contributed by atoms with Crippen LogP contribution in [0.5, 0.6) is 17.2 Å². The monoisotopic (exact) mass is 971 g/mol. The minimum atomic E-state index is -1.18. The number of fused-ring (bicyclic) bond motifs is 1. The van der Waals surface area contributed by atoms with Crippen LogP contribution >= 0.6 is 0 Å². The fourth-order valence-corrected chi connectivity index (χ4v) is 8.75. The standard InChI is InChI=1S/C55H67FN8O7/c1-54(2,3)50(51(67)57-4)62-48(65)12-10-8-6-7-9-11-28-59-49(66)36-63-30-32-64(33-31-63)41-21-13-37(14-22-41)43-34-45-44(35-47(43)70-5)46(25-29-58-45)71-42-23-19-40(20-24-42)61-53(69)55(26-27-55)52(68)60-39-17-15-38(56)16-18-39/h13-25,29,34-35,50H,6-12,26-28,30-33,36H2,1-5H3,(H,57,67)(H,59,66)(H,60,68)(H,61,69)(H,62,65)/t50-/m1/s1. The third-order valence-electron chi connectivity index (χ3n) is 13.2. The van der Waals surface area contributed by atoms with Crippen LogP contribution in [-0.2, 0) is 24.0 Å². The number of benzene rings is 4. The third-order valence-corrected chi connectivity index (χ3v) is 13.2. The Hall–Kier alpha value is -7.07. The molecule has 4 aromatic carbocycles. The van der Waals surface area contributed by atoms with Crippen molar-refractivity contribution in [2.75, 3.05) is 69.0 Å². The third kappa shape index (κ3) is 13.8. The fraction of sp³-hybridized carbons (Fsp3) is 0.418. The van der Waals surface area contributed by atoms with E-state index in [4.69, 9.17) is 9.47 Å². The number of nitrogens with one attached hydrogen (secondary N) is 5. The maximum atomic E-state index is 13.3. The number of methoxy groups -OCH3 is 1. The molecule has 1 saturated carbocycles. The molecule has 2 heterocycles. The van der Waals surface area contributed by atoms with Gasteiger partial charge in [0.2, 0.25) is 29.5 Å². The summed E-state index contributed by atoms with van der Waals surface area (Å²) in [4.78, 5) is 72.8. The molecule has 5 amide bonds. The summed E-state index contributed by atoms with van der Waals surface area (Å²) in [6, 6.07) is 25.9. The molecular formula is C55H67FN8O7. The Morgan fingerprint density at radius 2 is 1.37 bits per heavy atom. The summed E-state index contributed by atoms with van der Waals surface area (Å²) in [7, 11) is 3.22. The van der Waals surface area contributed by atoms with E-state index in [1.165, 1.54) is 24.3 Å². The normalized spacial score (nSPS) is 14.8. The number of likely N-dealkylation sites (N-methyl/N-ethyl adjacent to an activating group) is 1. The first-order valence-corrected chi connectivity index (χ1v) is 24.6. The lowest BCUT2D eigenvalue weighted by Crippen LogP contribution is -2.52. The number of hydrogen-bond acceptors (Lipinski definition) is 10. The number of anilines is 3. The molecule has 16 heteroatoms. The van der Waals surface area contributed by atoms with Crippen LogP contribution in [0.2, 0.25) is 0 Å². The van der Waals surface area contributed by atoms with Gasteiger partial charge in [-0.3, -0.25) is 33.9 Å². The molecule has 2 aliphatic rings. The predicted octanol–water partition coefficient (Wildman–Crippen LogP) is 8.45. The highest BCUT2D eigenvalue weighted by atomic mass is 19.1. The van der Waals surface area contributed by atoms with E-state index in [0.29, 0.717) is 61.0 Å². The van der Waals surface area contributed by atoms with Crippen LogP contribution < -0.4 is 41.0 Å². The fourth-order valence-electron chi connectivity index (χ4n) is 8.75.